The van der Waals surface area contributed by atoms with Crippen LogP contribution in [0.5, 0.6) is 11.5 Å². The molecule has 7 nitrogen and oxygen atoms in total. The van der Waals surface area contributed by atoms with Crippen molar-refractivity contribution < 1.29 is 14.3 Å². The van der Waals surface area contributed by atoms with Gasteiger partial charge in [-0.05, 0) is 36.4 Å². The van der Waals surface area contributed by atoms with E-state index >= 15 is 0 Å². The molecule has 0 radical (unpaired) electrons. The first-order valence-corrected chi connectivity index (χ1v) is 8.77. The van der Waals surface area contributed by atoms with Crippen molar-refractivity contribution >= 4 is 28.1 Å². The van der Waals surface area contributed by atoms with Gasteiger partial charge in [0.15, 0.2) is 0 Å². The van der Waals surface area contributed by atoms with Crippen LogP contribution >= 0.6 is 15.9 Å². The fraction of sp³-hybridized carbons (Fsp3) is 0.105. The van der Waals surface area contributed by atoms with Crippen LogP contribution in [0.4, 0.5) is 0 Å². The number of hydrazone groups is 1. The summed E-state index contributed by atoms with van der Waals surface area (Å²) in [6.45, 7) is 0. The highest BCUT2D eigenvalue weighted by Gasteiger charge is 2.10. The summed E-state index contributed by atoms with van der Waals surface area (Å²) in [4.78, 5) is 12.3. The van der Waals surface area contributed by atoms with Crippen LogP contribution in [0.15, 0.2) is 58.1 Å². The van der Waals surface area contributed by atoms with E-state index < -0.39 is 5.91 Å². The predicted molar refractivity (Wildman–Crippen MR) is 106 cm³/mol. The molecule has 8 heteroatoms. The maximum Gasteiger partial charge on any atom is 0.289 e. The molecule has 0 fully saturated rings. The number of methoxy groups -OCH3 is 2. The van der Waals surface area contributed by atoms with Gasteiger partial charge in [0.05, 0.1) is 26.1 Å². The number of aromatic nitrogens is 2. The molecule has 0 unspecified atom stereocenters. The molecule has 2 N–H and O–H groups in total. The largest absolute Gasteiger partial charge is 0.497 e. The van der Waals surface area contributed by atoms with Gasteiger partial charge >= 0.3 is 0 Å². The number of hydrogen-bond donors (Lipinski definition) is 2. The Kier molecular flexibility index (Phi) is 5.87. The molecule has 2 aromatic carbocycles. The van der Waals surface area contributed by atoms with E-state index in [1.54, 1.807) is 38.5 Å². The quantitative estimate of drug-likeness (QED) is 0.463. The second-order valence-corrected chi connectivity index (χ2v) is 6.40. The van der Waals surface area contributed by atoms with Gasteiger partial charge in [-0.25, -0.2) is 5.43 Å². The first-order valence-electron chi connectivity index (χ1n) is 7.97. The van der Waals surface area contributed by atoms with Gasteiger partial charge in [0, 0.05) is 15.6 Å². The normalized spacial score (nSPS) is 10.8. The second-order valence-electron chi connectivity index (χ2n) is 5.48. The van der Waals surface area contributed by atoms with Crippen molar-refractivity contribution in [3.8, 4) is 22.8 Å². The molecule has 0 spiro atoms. The molecule has 1 aromatic heterocycles. The number of carbonyl (C=O) groups is 1. The minimum absolute atomic E-state index is 0.308. The lowest BCUT2D eigenvalue weighted by atomic mass is 10.1. The minimum atomic E-state index is -0.399. The fourth-order valence-electron chi connectivity index (χ4n) is 2.37. The molecule has 3 rings (SSSR count). The number of rotatable bonds is 6. The van der Waals surface area contributed by atoms with Gasteiger partial charge < -0.3 is 9.47 Å². The molecule has 0 aliphatic carbocycles. The van der Waals surface area contributed by atoms with Crippen LogP contribution in [0.2, 0.25) is 0 Å². The molecule has 0 saturated heterocycles. The number of ether oxygens (including phenoxy) is 2. The summed E-state index contributed by atoms with van der Waals surface area (Å²) in [5.74, 6) is 0.883. The number of H-pyrrole nitrogens is 1. The summed E-state index contributed by atoms with van der Waals surface area (Å²) in [6.07, 6.45) is 1.49. The molecule has 3 aromatic rings. The highest BCUT2D eigenvalue weighted by Crippen LogP contribution is 2.22. The standard InChI is InChI=1S/C19H17BrN4O3/c1-26-15-7-8-18(27-2)13(9-15)11-21-24-19(25)17-10-16(22-23-17)12-3-5-14(20)6-4-12/h3-11H,1-2H3,(H,22,23)(H,24,25)/b21-11+. The lowest BCUT2D eigenvalue weighted by molar-refractivity contribution is 0.0950. The number of nitrogens with one attached hydrogen (secondary N) is 2. The number of aromatic amines is 1. The lowest BCUT2D eigenvalue weighted by Gasteiger charge is -2.06. The van der Waals surface area contributed by atoms with Crippen LogP contribution in [0.1, 0.15) is 16.1 Å². The van der Waals surface area contributed by atoms with Crippen molar-refractivity contribution in [2.75, 3.05) is 14.2 Å². The lowest BCUT2D eigenvalue weighted by Crippen LogP contribution is -2.18. The third-order valence-corrected chi connectivity index (χ3v) is 4.30. The summed E-state index contributed by atoms with van der Waals surface area (Å²) in [5.41, 5.74) is 5.02. The number of nitrogens with zero attached hydrogens (tertiary/aromatic N) is 2. The van der Waals surface area contributed by atoms with E-state index in [0.29, 0.717) is 28.5 Å². The molecule has 0 saturated carbocycles. The highest BCUT2D eigenvalue weighted by atomic mass is 79.9. The minimum Gasteiger partial charge on any atom is -0.497 e. The van der Waals surface area contributed by atoms with Crippen LogP contribution in [0.3, 0.4) is 0 Å². The zero-order valence-electron chi connectivity index (χ0n) is 14.7. The highest BCUT2D eigenvalue weighted by molar-refractivity contribution is 9.10. The molecule has 138 valence electrons. The summed E-state index contributed by atoms with van der Waals surface area (Å²) in [7, 11) is 3.14. The van der Waals surface area contributed by atoms with Gasteiger partial charge in [0.1, 0.15) is 17.2 Å². The monoisotopic (exact) mass is 428 g/mol. The molecule has 1 amide bonds. The van der Waals surface area contributed by atoms with Gasteiger partial charge in [0.25, 0.3) is 5.91 Å². The Morgan fingerprint density at radius 2 is 1.93 bits per heavy atom. The molecule has 27 heavy (non-hydrogen) atoms. The molecule has 0 bridgehead atoms. The van der Waals surface area contributed by atoms with Gasteiger partial charge in [0.2, 0.25) is 0 Å². The Morgan fingerprint density at radius 1 is 1.15 bits per heavy atom. The third kappa shape index (κ3) is 4.53. The Bertz CT molecular complexity index is 967. The van der Waals surface area contributed by atoms with E-state index in [9.17, 15) is 4.79 Å². The van der Waals surface area contributed by atoms with E-state index in [2.05, 4.69) is 36.7 Å². The summed E-state index contributed by atoms with van der Waals surface area (Å²) in [5, 5.41) is 10.9. The van der Waals surface area contributed by atoms with Crippen LogP contribution in [-0.2, 0) is 0 Å². The maximum atomic E-state index is 12.3. The second kappa shape index (κ2) is 8.50. The Balaban J connectivity index is 1.69. The Hall–Kier alpha value is -3.13. The molecule has 0 aliphatic heterocycles. The predicted octanol–water partition coefficient (Wildman–Crippen LogP) is 3.62. The zero-order chi connectivity index (χ0) is 19.2. The molecule has 1 heterocycles. The van der Waals surface area contributed by atoms with Gasteiger partial charge in [-0.3, -0.25) is 9.89 Å². The van der Waals surface area contributed by atoms with Crippen LogP contribution in [-0.4, -0.2) is 36.5 Å². The van der Waals surface area contributed by atoms with Gasteiger partial charge in [-0.1, -0.05) is 28.1 Å². The molecule has 0 aliphatic rings. The number of carbonyl (C=O) groups excluding carboxylic acids is 1. The van der Waals surface area contributed by atoms with E-state index in [4.69, 9.17) is 9.47 Å². The number of hydrogen-bond acceptors (Lipinski definition) is 5. The molecular formula is C19H17BrN4O3. The molecule has 0 atom stereocenters. The molecular weight excluding hydrogens is 412 g/mol. The van der Waals surface area contributed by atoms with Crippen molar-refractivity contribution in [2.24, 2.45) is 5.10 Å². The topological polar surface area (TPSA) is 88.6 Å². The number of benzene rings is 2. The van der Waals surface area contributed by atoms with Crippen molar-refractivity contribution in [3.05, 3.63) is 64.3 Å². The average molecular weight is 429 g/mol. The number of amides is 1. The van der Waals surface area contributed by atoms with E-state index in [1.807, 2.05) is 24.3 Å². The fourth-order valence-corrected chi connectivity index (χ4v) is 2.63. The zero-order valence-corrected chi connectivity index (χ0v) is 16.3. The SMILES string of the molecule is COc1ccc(OC)c(/C=N/NC(=O)c2cc(-c3ccc(Br)cc3)n[nH]2)c1. The van der Waals surface area contributed by atoms with Gasteiger partial charge in [-0.15, -0.1) is 0 Å². The first kappa shape index (κ1) is 18.7. The van der Waals surface area contributed by atoms with Crippen molar-refractivity contribution in [3.63, 3.8) is 0 Å². The van der Waals surface area contributed by atoms with Crippen molar-refractivity contribution in [2.45, 2.75) is 0 Å². The van der Waals surface area contributed by atoms with Crippen molar-refractivity contribution in [1.82, 2.24) is 15.6 Å². The Morgan fingerprint density at radius 3 is 2.63 bits per heavy atom. The van der Waals surface area contributed by atoms with E-state index in [0.717, 1.165) is 10.0 Å². The maximum absolute atomic E-state index is 12.3. The number of halogens is 1. The van der Waals surface area contributed by atoms with Crippen molar-refractivity contribution in [1.29, 1.82) is 0 Å². The van der Waals surface area contributed by atoms with E-state index in [1.165, 1.54) is 6.21 Å². The summed E-state index contributed by atoms with van der Waals surface area (Å²) in [6, 6.07) is 14.6. The summed E-state index contributed by atoms with van der Waals surface area (Å²) < 4.78 is 11.4. The van der Waals surface area contributed by atoms with E-state index in [-0.39, 0.29) is 0 Å². The average Bonchev–Trinajstić information content (AvgIpc) is 3.18. The van der Waals surface area contributed by atoms with Crippen LogP contribution in [0.25, 0.3) is 11.3 Å². The van der Waals surface area contributed by atoms with Crippen LogP contribution in [0, 0.1) is 0 Å². The Labute approximate surface area is 164 Å². The third-order valence-electron chi connectivity index (χ3n) is 3.77. The summed E-state index contributed by atoms with van der Waals surface area (Å²) >= 11 is 3.39. The van der Waals surface area contributed by atoms with Crippen LogP contribution < -0.4 is 14.9 Å². The first-order chi connectivity index (χ1) is 13.1. The smallest absolute Gasteiger partial charge is 0.289 e. The van der Waals surface area contributed by atoms with Gasteiger partial charge in [-0.2, -0.15) is 10.2 Å².